The zero-order valence-corrected chi connectivity index (χ0v) is 12.9. The Hall–Kier alpha value is -0.690. The van der Waals surface area contributed by atoms with Gasteiger partial charge in [0.15, 0.2) is 0 Å². The average molecular weight is 334 g/mol. The van der Waals surface area contributed by atoms with Crippen molar-refractivity contribution in [1.82, 2.24) is 4.72 Å². The van der Waals surface area contributed by atoms with Crippen LogP contribution in [0.3, 0.4) is 0 Å². The fraction of sp³-hybridized carbons (Fsp3) is 0.571. The van der Waals surface area contributed by atoms with E-state index in [0.717, 1.165) is 25.3 Å². The van der Waals surface area contributed by atoms with Crippen LogP contribution in [0.4, 0.5) is 4.39 Å². The average Bonchev–Trinajstić information content (AvgIpc) is 3.03. The first kappa shape index (κ1) is 15.2. The Kier molecular flexibility index (Phi) is 3.98. The zero-order chi connectivity index (χ0) is 15.2. The maximum Gasteiger partial charge on any atom is 0.240 e. The first-order valence-electron chi connectivity index (χ1n) is 7.02. The van der Waals surface area contributed by atoms with Gasteiger partial charge in [-0.3, -0.25) is 0 Å². The Morgan fingerprint density at radius 3 is 2.67 bits per heavy atom. The highest BCUT2D eigenvalue weighted by Crippen LogP contribution is 2.44. The second-order valence-electron chi connectivity index (χ2n) is 5.94. The van der Waals surface area contributed by atoms with E-state index >= 15 is 0 Å². The van der Waals surface area contributed by atoms with Crippen LogP contribution in [0, 0.1) is 17.7 Å². The van der Waals surface area contributed by atoms with E-state index in [1.54, 1.807) is 0 Å². The SMILES string of the molecule is O=S(=O)(NC1CC2CCC1C2)c1cc(F)c(Cl)c(CO)c1. The summed E-state index contributed by atoms with van der Waals surface area (Å²) < 4.78 is 41.2. The number of aliphatic hydroxyl groups excluding tert-OH is 1. The van der Waals surface area contributed by atoms with Crippen molar-refractivity contribution >= 4 is 21.6 Å². The van der Waals surface area contributed by atoms with Gasteiger partial charge in [-0.15, -0.1) is 0 Å². The molecule has 0 saturated heterocycles. The van der Waals surface area contributed by atoms with E-state index in [1.165, 1.54) is 12.5 Å². The van der Waals surface area contributed by atoms with Crippen molar-refractivity contribution in [3.05, 3.63) is 28.5 Å². The number of fused-ring (bicyclic) bond motifs is 2. The molecule has 3 atom stereocenters. The Morgan fingerprint density at radius 2 is 2.10 bits per heavy atom. The molecular formula is C14H17ClFNO3S. The predicted octanol–water partition coefficient (Wildman–Crippen LogP) is 2.44. The lowest BCUT2D eigenvalue weighted by molar-refractivity contribution is 0.281. The quantitative estimate of drug-likeness (QED) is 0.889. The normalized spacial score (nSPS) is 28.2. The molecule has 3 unspecified atom stereocenters. The largest absolute Gasteiger partial charge is 0.392 e. The van der Waals surface area contributed by atoms with E-state index in [0.29, 0.717) is 11.8 Å². The maximum atomic E-state index is 13.7. The smallest absolute Gasteiger partial charge is 0.240 e. The number of hydrogen-bond donors (Lipinski definition) is 2. The first-order chi connectivity index (χ1) is 9.90. The second kappa shape index (κ2) is 5.50. The molecule has 2 N–H and O–H groups in total. The number of halogens is 2. The number of benzene rings is 1. The van der Waals surface area contributed by atoms with Gasteiger partial charge in [0.05, 0.1) is 16.5 Å². The Labute approximate surface area is 128 Å². The van der Waals surface area contributed by atoms with Crippen LogP contribution in [0.5, 0.6) is 0 Å². The molecule has 3 rings (SSSR count). The second-order valence-corrected chi connectivity index (χ2v) is 8.03. The number of aliphatic hydroxyl groups is 1. The highest BCUT2D eigenvalue weighted by Gasteiger charge is 2.41. The lowest BCUT2D eigenvalue weighted by Gasteiger charge is -2.23. The molecule has 0 aromatic heterocycles. The van der Waals surface area contributed by atoms with Gasteiger partial charge in [-0.2, -0.15) is 0 Å². The van der Waals surface area contributed by atoms with E-state index in [2.05, 4.69) is 4.72 Å². The molecule has 0 heterocycles. The lowest BCUT2D eigenvalue weighted by Crippen LogP contribution is -2.38. The summed E-state index contributed by atoms with van der Waals surface area (Å²) in [5, 5.41) is 8.90. The Balaban J connectivity index is 1.86. The minimum absolute atomic E-state index is 0.0648. The van der Waals surface area contributed by atoms with Crippen molar-refractivity contribution in [2.24, 2.45) is 11.8 Å². The third-order valence-electron chi connectivity index (χ3n) is 4.60. The summed E-state index contributed by atoms with van der Waals surface area (Å²) in [6.07, 6.45) is 4.15. The van der Waals surface area contributed by atoms with Crippen molar-refractivity contribution in [3.8, 4) is 0 Å². The standard InChI is InChI=1S/C14H17ClFNO3S/c15-14-10(7-18)5-11(6-12(14)16)21(19,20)17-13-4-8-1-2-9(13)3-8/h5-6,8-9,13,17-18H,1-4,7H2. The van der Waals surface area contributed by atoms with E-state index in [9.17, 15) is 12.8 Å². The zero-order valence-electron chi connectivity index (χ0n) is 11.4. The lowest BCUT2D eigenvalue weighted by atomic mass is 9.96. The molecule has 0 aliphatic heterocycles. The van der Waals surface area contributed by atoms with Crippen LogP contribution in [0.1, 0.15) is 31.2 Å². The van der Waals surface area contributed by atoms with Crippen LogP contribution in [0.2, 0.25) is 5.02 Å². The first-order valence-corrected chi connectivity index (χ1v) is 8.88. The van der Waals surface area contributed by atoms with Gasteiger partial charge in [0.2, 0.25) is 10.0 Å². The van der Waals surface area contributed by atoms with Crippen LogP contribution >= 0.6 is 11.6 Å². The number of sulfonamides is 1. The fourth-order valence-corrected chi connectivity index (χ4v) is 5.09. The number of nitrogens with one attached hydrogen (secondary N) is 1. The van der Waals surface area contributed by atoms with Crippen LogP contribution in [-0.4, -0.2) is 19.6 Å². The Bertz CT molecular complexity index is 664. The van der Waals surface area contributed by atoms with Crippen molar-refractivity contribution in [1.29, 1.82) is 0 Å². The van der Waals surface area contributed by atoms with Crippen LogP contribution < -0.4 is 4.72 Å². The van der Waals surface area contributed by atoms with Gasteiger partial charge >= 0.3 is 0 Å². The molecule has 2 fully saturated rings. The van der Waals surface area contributed by atoms with Crippen LogP contribution in [0.25, 0.3) is 0 Å². The molecule has 1 aromatic carbocycles. The summed E-state index contributed by atoms with van der Waals surface area (Å²) in [6.45, 7) is -0.507. The van der Waals surface area contributed by atoms with Gasteiger partial charge in [0.25, 0.3) is 0 Å². The molecule has 0 radical (unpaired) electrons. The van der Waals surface area contributed by atoms with Crippen LogP contribution in [-0.2, 0) is 16.6 Å². The van der Waals surface area contributed by atoms with Gasteiger partial charge in [0.1, 0.15) is 5.82 Å². The topological polar surface area (TPSA) is 66.4 Å². The molecular weight excluding hydrogens is 317 g/mol. The summed E-state index contributed by atoms with van der Waals surface area (Å²) in [6, 6.07) is 2.06. The molecule has 2 bridgehead atoms. The number of hydrogen-bond acceptors (Lipinski definition) is 3. The van der Waals surface area contributed by atoms with Crippen LogP contribution in [0.15, 0.2) is 17.0 Å². The highest BCUT2D eigenvalue weighted by atomic mass is 35.5. The van der Waals surface area contributed by atoms with Gasteiger partial charge in [-0.1, -0.05) is 18.0 Å². The molecule has 0 amide bonds. The van der Waals surface area contributed by atoms with Crippen molar-refractivity contribution < 1.29 is 17.9 Å². The molecule has 0 spiro atoms. The van der Waals surface area contributed by atoms with Gasteiger partial charge in [0, 0.05) is 11.6 Å². The monoisotopic (exact) mass is 333 g/mol. The van der Waals surface area contributed by atoms with Crippen molar-refractivity contribution in [3.63, 3.8) is 0 Å². The van der Waals surface area contributed by atoms with Crippen molar-refractivity contribution in [2.75, 3.05) is 0 Å². The van der Waals surface area contributed by atoms with E-state index in [-0.39, 0.29) is 21.5 Å². The maximum absolute atomic E-state index is 13.7. The third kappa shape index (κ3) is 2.82. The van der Waals surface area contributed by atoms with E-state index in [4.69, 9.17) is 16.7 Å². The molecule has 2 aliphatic rings. The molecule has 21 heavy (non-hydrogen) atoms. The minimum atomic E-state index is -3.80. The van der Waals surface area contributed by atoms with E-state index in [1.807, 2.05) is 0 Å². The van der Waals surface area contributed by atoms with E-state index < -0.39 is 22.4 Å². The molecule has 2 saturated carbocycles. The van der Waals surface area contributed by atoms with Crippen molar-refractivity contribution in [2.45, 2.75) is 43.2 Å². The number of rotatable bonds is 4. The molecule has 2 aliphatic carbocycles. The summed E-state index contributed by atoms with van der Waals surface area (Å²) in [5.41, 5.74) is 0.0741. The Morgan fingerprint density at radius 1 is 1.33 bits per heavy atom. The molecule has 1 aromatic rings. The van der Waals surface area contributed by atoms with Gasteiger partial charge in [-0.05, 0) is 43.2 Å². The summed E-state index contributed by atoms with van der Waals surface area (Å²) in [7, 11) is -3.80. The summed E-state index contributed by atoms with van der Waals surface area (Å²) in [5.74, 6) is 0.161. The highest BCUT2D eigenvalue weighted by molar-refractivity contribution is 7.89. The molecule has 116 valence electrons. The van der Waals surface area contributed by atoms with Gasteiger partial charge < -0.3 is 5.11 Å². The summed E-state index contributed by atoms with van der Waals surface area (Å²) in [4.78, 5) is -0.184. The van der Waals surface area contributed by atoms with Gasteiger partial charge in [-0.25, -0.2) is 17.5 Å². The summed E-state index contributed by atoms with van der Waals surface area (Å²) >= 11 is 5.69. The molecule has 7 heteroatoms. The third-order valence-corrected chi connectivity index (χ3v) is 6.49. The predicted molar refractivity (Wildman–Crippen MR) is 76.9 cm³/mol. The molecule has 4 nitrogen and oxygen atoms in total. The fourth-order valence-electron chi connectivity index (χ4n) is 3.54. The minimum Gasteiger partial charge on any atom is -0.392 e.